The molecule has 1 N–H and O–H groups in total. The van der Waals surface area contributed by atoms with E-state index < -0.39 is 13.9 Å². The smallest absolute Gasteiger partial charge is 0.457 e. The number of allylic oxidation sites excluding steroid dienone is 4. The highest BCUT2D eigenvalue weighted by Gasteiger charge is 2.26. The van der Waals surface area contributed by atoms with E-state index in [0.29, 0.717) is 24.1 Å². The van der Waals surface area contributed by atoms with Crippen LogP contribution in [0.1, 0.15) is 226 Å². The number of phosphoric acid groups is 1. The summed E-state index contributed by atoms with van der Waals surface area (Å²) in [4.78, 5) is 23.0. The highest BCUT2D eigenvalue weighted by Crippen LogP contribution is 2.43. The van der Waals surface area contributed by atoms with Crippen LogP contribution in [0.5, 0.6) is 0 Å². The fraction of sp³-hybridized carbons (Fsp3) is 0.898. The summed E-state index contributed by atoms with van der Waals surface area (Å²) < 4.78 is 35.1. The van der Waals surface area contributed by atoms with Crippen LogP contribution in [0.4, 0.5) is 0 Å². The maximum absolute atomic E-state index is 12.7. The van der Waals surface area contributed by atoms with Gasteiger partial charge in [-0.05, 0) is 44.9 Å². The average Bonchev–Trinajstić information content (AvgIpc) is 3.18. The van der Waals surface area contributed by atoms with E-state index in [1.54, 1.807) is 0 Å². The Morgan fingerprint density at radius 3 is 1.43 bits per heavy atom. The number of nitrogens with zero attached hydrogens (tertiary/aromatic N) is 1. The second kappa shape index (κ2) is 42.7. The second-order valence-corrected chi connectivity index (χ2v) is 19.3. The molecular weight excluding hydrogens is 746 g/mol. The molecule has 2 atom stereocenters. The van der Waals surface area contributed by atoms with Gasteiger partial charge in [0.15, 0.2) is 0 Å². The Morgan fingerprint density at radius 1 is 0.534 bits per heavy atom. The molecule has 0 aromatic rings. The summed E-state index contributed by atoms with van der Waals surface area (Å²) in [5.41, 5.74) is 0. The van der Waals surface area contributed by atoms with E-state index in [4.69, 9.17) is 18.5 Å². The van der Waals surface area contributed by atoms with Gasteiger partial charge in [0.1, 0.15) is 19.3 Å². The van der Waals surface area contributed by atoms with Crippen LogP contribution >= 0.6 is 7.82 Å². The lowest BCUT2D eigenvalue weighted by Gasteiger charge is -2.24. The molecule has 0 aliphatic rings. The van der Waals surface area contributed by atoms with Crippen LogP contribution in [-0.2, 0) is 27.9 Å². The van der Waals surface area contributed by atoms with Gasteiger partial charge in [0.25, 0.3) is 0 Å². The molecular formula is C49H97NO7P+. The van der Waals surface area contributed by atoms with Crippen LogP contribution in [0, 0.1) is 0 Å². The number of rotatable bonds is 46. The molecule has 0 aromatic carbocycles. The zero-order chi connectivity index (χ0) is 42.7. The summed E-state index contributed by atoms with van der Waals surface area (Å²) in [6, 6.07) is 0. The van der Waals surface area contributed by atoms with Crippen molar-refractivity contribution < 1.29 is 37.3 Å². The van der Waals surface area contributed by atoms with Gasteiger partial charge in [0, 0.05) is 13.0 Å². The third kappa shape index (κ3) is 46.1. The predicted molar refractivity (Wildman–Crippen MR) is 247 cm³/mol. The van der Waals surface area contributed by atoms with Gasteiger partial charge in [-0.15, -0.1) is 0 Å². The van der Waals surface area contributed by atoms with Crippen LogP contribution in [0.2, 0.25) is 0 Å². The lowest BCUT2D eigenvalue weighted by molar-refractivity contribution is -0.870. The number of unbranched alkanes of at least 4 members (excludes halogenated alkanes) is 28. The first-order valence-electron chi connectivity index (χ1n) is 24.6. The number of phosphoric ester groups is 1. The van der Waals surface area contributed by atoms with E-state index in [9.17, 15) is 14.3 Å². The first-order chi connectivity index (χ1) is 28.1. The number of likely N-dealkylation sites (N-methyl/N-ethyl adjacent to an activating group) is 1. The van der Waals surface area contributed by atoms with Gasteiger partial charge in [-0.1, -0.05) is 199 Å². The molecule has 0 spiro atoms. The van der Waals surface area contributed by atoms with E-state index in [1.807, 2.05) is 21.1 Å². The fourth-order valence-electron chi connectivity index (χ4n) is 6.94. The summed E-state index contributed by atoms with van der Waals surface area (Å²) >= 11 is 0. The summed E-state index contributed by atoms with van der Waals surface area (Å²) in [7, 11) is 1.67. The van der Waals surface area contributed by atoms with Crippen molar-refractivity contribution in [1.82, 2.24) is 0 Å². The van der Waals surface area contributed by atoms with Crippen molar-refractivity contribution in [2.24, 2.45) is 0 Å². The van der Waals surface area contributed by atoms with Crippen molar-refractivity contribution in [2.75, 3.05) is 54.1 Å². The third-order valence-electron chi connectivity index (χ3n) is 10.8. The molecule has 2 unspecified atom stereocenters. The van der Waals surface area contributed by atoms with Crippen molar-refractivity contribution in [3.63, 3.8) is 0 Å². The minimum Gasteiger partial charge on any atom is -0.457 e. The molecule has 8 nitrogen and oxygen atoms in total. The Labute approximate surface area is 360 Å². The van der Waals surface area contributed by atoms with E-state index >= 15 is 0 Å². The maximum Gasteiger partial charge on any atom is 0.472 e. The van der Waals surface area contributed by atoms with Crippen molar-refractivity contribution in [1.29, 1.82) is 0 Å². The molecule has 0 radical (unpaired) electrons. The van der Waals surface area contributed by atoms with E-state index in [2.05, 4.69) is 38.2 Å². The number of carbonyl (C=O) groups excluding carboxylic acids is 1. The highest BCUT2D eigenvalue weighted by molar-refractivity contribution is 7.47. The van der Waals surface area contributed by atoms with Gasteiger partial charge in [-0.25, -0.2) is 4.57 Å². The third-order valence-corrected chi connectivity index (χ3v) is 11.7. The van der Waals surface area contributed by atoms with E-state index in [-0.39, 0.29) is 25.8 Å². The molecule has 0 heterocycles. The first-order valence-corrected chi connectivity index (χ1v) is 26.1. The Hall–Kier alpha value is -1.02. The van der Waals surface area contributed by atoms with Gasteiger partial charge in [-0.2, -0.15) is 0 Å². The average molecular weight is 843 g/mol. The number of hydrogen-bond acceptors (Lipinski definition) is 6. The van der Waals surface area contributed by atoms with Gasteiger partial charge in [0.05, 0.1) is 34.4 Å². The lowest BCUT2D eigenvalue weighted by atomic mass is 10.0. The predicted octanol–water partition coefficient (Wildman–Crippen LogP) is 14.8. The molecule has 0 amide bonds. The van der Waals surface area contributed by atoms with Crippen molar-refractivity contribution in [3.8, 4) is 0 Å². The van der Waals surface area contributed by atoms with Gasteiger partial charge < -0.3 is 18.9 Å². The Bertz CT molecular complexity index is 983. The van der Waals surface area contributed by atoms with E-state index in [0.717, 1.165) is 44.9 Å². The summed E-state index contributed by atoms with van der Waals surface area (Å²) in [5, 5.41) is 0. The van der Waals surface area contributed by atoms with Crippen molar-refractivity contribution >= 4 is 13.8 Å². The molecule has 0 fully saturated rings. The minimum absolute atomic E-state index is 0.0885. The quantitative estimate of drug-likeness (QED) is 0.0215. The molecule has 0 bridgehead atoms. The highest BCUT2D eigenvalue weighted by atomic mass is 31.2. The molecule has 0 aliphatic carbocycles. The SMILES string of the molecule is CCCCC/C=C\C/C=C\CCCCCCCCOCC(COP(=O)(O)OCC[N+](C)(C)C)OC(=O)CCCCCCCCCCCCCCCCCCCCCC. The van der Waals surface area contributed by atoms with Crippen molar-refractivity contribution in [3.05, 3.63) is 24.3 Å². The summed E-state index contributed by atoms with van der Waals surface area (Å²) in [5.74, 6) is -0.313. The summed E-state index contributed by atoms with van der Waals surface area (Å²) in [6.45, 7) is 5.61. The maximum atomic E-state index is 12.7. The molecule has 0 aliphatic heterocycles. The Morgan fingerprint density at radius 2 is 0.948 bits per heavy atom. The normalized spacial score (nSPS) is 13.8. The van der Waals surface area contributed by atoms with Crippen molar-refractivity contribution in [2.45, 2.75) is 232 Å². The van der Waals surface area contributed by atoms with E-state index in [1.165, 1.54) is 161 Å². The van der Waals surface area contributed by atoms with Gasteiger partial charge >= 0.3 is 13.8 Å². The van der Waals surface area contributed by atoms with Crippen LogP contribution in [-0.4, -0.2) is 75.6 Å². The number of carbonyl (C=O) groups is 1. The molecule has 0 saturated carbocycles. The Balaban J connectivity index is 4.15. The molecule has 344 valence electrons. The topological polar surface area (TPSA) is 91.3 Å². The van der Waals surface area contributed by atoms with Crippen LogP contribution in [0.3, 0.4) is 0 Å². The lowest BCUT2D eigenvalue weighted by Crippen LogP contribution is -2.37. The number of quaternary nitrogens is 1. The number of esters is 1. The van der Waals surface area contributed by atoms with Crippen LogP contribution in [0.25, 0.3) is 0 Å². The first kappa shape index (κ1) is 57.0. The largest absolute Gasteiger partial charge is 0.472 e. The van der Waals surface area contributed by atoms with Crippen LogP contribution in [0.15, 0.2) is 24.3 Å². The molecule has 9 heteroatoms. The number of ether oxygens (including phenoxy) is 2. The Kier molecular flexibility index (Phi) is 41.9. The van der Waals surface area contributed by atoms with Crippen LogP contribution < -0.4 is 0 Å². The molecule has 58 heavy (non-hydrogen) atoms. The fourth-order valence-corrected chi connectivity index (χ4v) is 7.68. The molecule has 0 aromatic heterocycles. The standard InChI is InChI=1S/C49H96NO7P/c1-6-8-10-12-14-16-18-20-22-24-25-26-27-28-30-32-34-36-38-40-42-49(51)57-48(47-56-58(52,53)55-45-43-50(3,4)5)46-54-44-41-39-37-35-33-31-29-23-21-19-17-15-13-11-9-7-2/h15,17,21,23,48H,6-14,16,18-20,22,24-47H2,1-5H3/p+1/b17-15-,23-21-. The monoisotopic (exact) mass is 843 g/mol. The second-order valence-electron chi connectivity index (χ2n) is 17.9. The summed E-state index contributed by atoms with van der Waals surface area (Å²) in [6.07, 6.45) is 49.3. The zero-order valence-electron chi connectivity index (χ0n) is 39.0. The zero-order valence-corrected chi connectivity index (χ0v) is 39.9. The molecule has 0 rings (SSSR count). The van der Waals surface area contributed by atoms with Gasteiger partial charge in [0.2, 0.25) is 0 Å². The molecule has 0 saturated heterocycles. The number of hydrogen-bond donors (Lipinski definition) is 1. The van der Waals surface area contributed by atoms with Gasteiger partial charge in [-0.3, -0.25) is 13.8 Å². The minimum atomic E-state index is -4.28.